The summed E-state index contributed by atoms with van der Waals surface area (Å²) < 4.78 is 1.81. The Morgan fingerprint density at radius 1 is 1.50 bits per heavy atom. The Balaban J connectivity index is 2.81. The minimum atomic E-state index is 0.615. The zero-order valence-corrected chi connectivity index (χ0v) is 7.54. The lowest BCUT2D eigenvalue weighted by molar-refractivity contribution is 0.962. The molecule has 0 amide bonds. The summed E-state index contributed by atoms with van der Waals surface area (Å²) in [6.07, 6.45) is 2.83. The fourth-order valence-corrected chi connectivity index (χ4v) is 1.66. The number of hydrogen-bond acceptors (Lipinski definition) is 1. The molecule has 0 N–H and O–H groups in total. The summed E-state index contributed by atoms with van der Waals surface area (Å²) in [7, 11) is 0. The Labute approximate surface area is 75.8 Å². The van der Waals surface area contributed by atoms with Crippen molar-refractivity contribution in [1.82, 2.24) is 9.61 Å². The summed E-state index contributed by atoms with van der Waals surface area (Å²) in [5.41, 5.74) is 2.22. The molecule has 3 heteroatoms. The first kappa shape index (κ1) is 7.62. The van der Waals surface area contributed by atoms with Crippen LogP contribution in [0, 0.1) is 0 Å². The third-order valence-electron chi connectivity index (χ3n) is 1.95. The van der Waals surface area contributed by atoms with Crippen molar-refractivity contribution in [2.24, 2.45) is 0 Å². The molecular formula is C9H9ClN2. The highest BCUT2D eigenvalue weighted by molar-refractivity contribution is 6.30. The summed E-state index contributed by atoms with van der Waals surface area (Å²) >= 11 is 5.94. The van der Waals surface area contributed by atoms with Crippen LogP contribution in [-0.4, -0.2) is 9.61 Å². The number of pyridine rings is 1. The van der Waals surface area contributed by atoms with Gasteiger partial charge in [0.25, 0.3) is 0 Å². The van der Waals surface area contributed by atoms with Crippen LogP contribution >= 0.6 is 11.6 Å². The second-order valence-electron chi connectivity index (χ2n) is 2.65. The Morgan fingerprint density at radius 3 is 3.08 bits per heavy atom. The predicted octanol–water partition coefficient (Wildman–Crippen LogP) is 2.55. The molecule has 2 aromatic heterocycles. The van der Waals surface area contributed by atoms with Gasteiger partial charge >= 0.3 is 0 Å². The maximum Gasteiger partial charge on any atom is 0.155 e. The Kier molecular flexibility index (Phi) is 1.77. The van der Waals surface area contributed by atoms with E-state index in [1.165, 1.54) is 0 Å². The molecule has 12 heavy (non-hydrogen) atoms. The largest absolute Gasteiger partial charge is 0.239 e. The average Bonchev–Trinajstić information content (AvgIpc) is 2.40. The van der Waals surface area contributed by atoms with E-state index in [0.29, 0.717) is 5.15 Å². The normalized spacial score (nSPS) is 10.8. The van der Waals surface area contributed by atoms with Gasteiger partial charge in [-0.1, -0.05) is 24.6 Å². The number of nitrogens with zero attached hydrogens (tertiary/aromatic N) is 2. The Hall–Kier alpha value is -1.02. The lowest BCUT2D eigenvalue weighted by atomic mass is 10.2. The van der Waals surface area contributed by atoms with Gasteiger partial charge in [0.15, 0.2) is 5.15 Å². The molecule has 2 heterocycles. The van der Waals surface area contributed by atoms with Crippen molar-refractivity contribution >= 4 is 17.1 Å². The molecule has 0 atom stereocenters. The SMILES string of the molecule is CCc1c(Cl)nn2ccccc12. The molecule has 2 rings (SSSR count). The van der Waals surface area contributed by atoms with E-state index < -0.39 is 0 Å². The van der Waals surface area contributed by atoms with Crippen molar-refractivity contribution in [3.8, 4) is 0 Å². The van der Waals surface area contributed by atoms with Crippen molar-refractivity contribution in [1.29, 1.82) is 0 Å². The highest BCUT2D eigenvalue weighted by Crippen LogP contribution is 2.19. The highest BCUT2D eigenvalue weighted by atomic mass is 35.5. The maximum atomic E-state index is 5.94. The van der Waals surface area contributed by atoms with E-state index in [2.05, 4.69) is 12.0 Å². The van der Waals surface area contributed by atoms with Gasteiger partial charge in [0.2, 0.25) is 0 Å². The number of fused-ring (bicyclic) bond motifs is 1. The lowest BCUT2D eigenvalue weighted by Crippen LogP contribution is -1.83. The lowest BCUT2D eigenvalue weighted by Gasteiger charge is -1.92. The maximum absolute atomic E-state index is 5.94. The van der Waals surface area contributed by atoms with E-state index in [-0.39, 0.29) is 0 Å². The van der Waals surface area contributed by atoms with E-state index in [9.17, 15) is 0 Å². The van der Waals surface area contributed by atoms with Crippen molar-refractivity contribution in [2.45, 2.75) is 13.3 Å². The molecule has 2 aromatic rings. The van der Waals surface area contributed by atoms with E-state index in [1.54, 1.807) is 4.52 Å². The van der Waals surface area contributed by atoms with Gasteiger partial charge in [0.05, 0.1) is 5.52 Å². The molecule has 0 saturated heterocycles. The molecule has 62 valence electrons. The zero-order valence-electron chi connectivity index (χ0n) is 6.79. The molecule has 0 aromatic carbocycles. The molecular weight excluding hydrogens is 172 g/mol. The minimum absolute atomic E-state index is 0.615. The van der Waals surface area contributed by atoms with Crippen LogP contribution in [-0.2, 0) is 6.42 Å². The zero-order chi connectivity index (χ0) is 8.55. The summed E-state index contributed by atoms with van der Waals surface area (Å²) in [4.78, 5) is 0. The summed E-state index contributed by atoms with van der Waals surface area (Å²) in [5, 5.41) is 4.78. The fraction of sp³-hybridized carbons (Fsp3) is 0.222. The van der Waals surface area contributed by atoms with Crippen LogP contribution in [0.3, 0.4) is 0 Å². The van der Waals surface area contributed by atoms with Crippen LogP contribution in [0.25, 0.3) is 5.52 Å². The van der Waals surface area contributed by atoms with Gasteiger partial charge in [-0.25, -0.2) is 4.52 Å². The number of halogens is 1. The summed E-state index contributed by atoms with van der Waals surface area (Å²) in [6.45, 7) is 2.08. The first-order valence-electron chi connectivity index (χ1n) is 3.94. The number of aryl methyl sites for hydroxylation is 1. The molecule has 0 unspecified atom stereocenters. The van der Waals surface area contributed by atoms with Gasteiger partial charge < -0.3 is 0 Å². The van der Waals surface area contributed by atoms with Crippen molar-refractivity contribution in [2.75, 3.05) is 0 Å². The number of hydrogen-bond donors (Lipinski definition) is 0. The van der Waals surface area contributed by atoms with Gasteiger partial charge in [0, 0.05) is 11.8 Å². The molecule has 0 bridgehead atoms. The van der Waals surface area contributed by atoms with E-state index in [0.717, 1.165) is 17.5 Å². The molecule has 0 aliphatic carbocycles. The predicted molar refractivity (Wildman–Crippen MR) is 49.6 cm³/mol. The molecule has 0 saturated carbocycles. The van der Waals surface area contributed by atoms with E-state index in [1.807, 2.05) is 24.4 Å². The van der Waals surface area contributed by atoms with Gasteiger partial charge in [-0.2, -0.15) is 5.10 Å². The summed E-state index contributed by atoms with van der Waals surface area (Å²) in [6, 6.07) is 5.96. The van der Waals surface area contributed by atoms with Crippen LogP contribution in [0.5, 0.6) is 0 Å². The van der Waals surface area contributed by atoms with Crippen molar-refractivity contribution < 1.29 is 0 Å². The highest BCUT2D eigenvalue weighted by Gasteiger charge is 2.06. The molecule has 0 fully saturated rings. The standard InChI is InChI=1S/C9H9ClN2/c1-2-7-8-5-3-4-6-12(8)11-9(7)10/h3-6H,2H2,1H3. The van der Waals surface area contributed by atoms with Gasteiger partial charge in [-0.05, 0) is 18.6 Å². The second-order valence-corrected chi connectivity index (χ2v) is 3.01. The number of aromatic nitrogens is 2. The smallest absolute Gasteiger partial charge is 0.155 e. The van der Waals surface area contributed by atoms with Crippen LogP contribution in [0.15, 0.2) is 24.4 Å². The quantitative estimate of drug-likeness (QED) is 0.660. The summed E-state index contributed by atoms with van der Waals surface area (Å²) in [5.74, 6) is 0. The van der Waals surface area contributed by atoms with Crippen LogP contribution < -0.4 is 0 Å². The molecule has 0 aliphatic heterocycles. The second kappa shape index (κ2) is 2.79. The van der Waals surface area contributed by atoms with Crippen LogP contribution in [0.2, 0.25) is 5.15 Å². The average molecular weight is 181 g/mol. The first-order valence-corrected chi connectivity index (χ1v) is 4.32. The molecule has 0 spiro atoms. The van der Waals surface area contributed by atoms with E-state index >= 15 is 0 Å². The third-order valence-corrected chi connectivity index (χ3v) is 2.25. The van der Waals surface area contributed by atoms with Gasteiger partial charge in [-0.3, -0.25) is 0 Å². The Morgan fingerprint density at radius 2 is 2.33 bits per heavy atom. The van der Waals surface area contributed by atoms with Gasteiger partial charge in [-0.15, -0.1) is 0 Å². The van der Waals surface area contributed by atoms with E-state index in [4.69, 9.17) is 11.6 Å². The van der Waals surface area contributed by atoms with Crippen molar-refractivity contribution in [3.63, 3.8) is 0 Å². The third kappa shape index (κ3) is 0.994. The Bertz CT molecular complexity index is 406. The molecule has 0 radical (unpaired) electrons. The monoisotopic (exact) mass is 180 g/mol. The minimum Gasteiger partial charge on any atom is -0.239 e. The van der Waals surface area contributed by atoms with Gasteiger partial charge in [0.1, 0.15) is 0 Å². The fourth-order valence-electron chi connectivity index (χ4n) is 1.35. The van der Waals surface area contributed by atoms with Crippen LogP contribution in [0.4, 0.5) is 0 Å². The van der Waals surface area contributed by atoms with Crippen LogP contribution in [0.1, 0.15) is 12.5 Å². The number of rotatable bonds is 1. The first-order chi connectivity index (χ1) is 5.83. The molecule has 2 nitrogen and oxygen atoms in total. The topological polar surface area (TPSA) is 17.3 Å². The van der Waals surface area contributed by atoms with Crippen molar-refractivity contribution in [3.05, 3.63) is 35.1 Å². The molecule has 0 aliphatic rings.